The molecule has 0 unspecified atom stereocenters. The van der Waals surface area contributed by atoms with E-state index in [0.717, 1.165) is 16.9 Å². The molecule has 0 fully saturated rings. The predicted octanol–water partition coefficient (Wildman–Crippen LogP) is 5.08. The summed E-state index contributed by atoms with van der Waals surface area (Å²) in [6.45, 7) is 5.85. The highest BCUT2D eigenvalue weighted by Crippen LogP contribution is 2.30. The molecule has 0 saturated heterocycles. The zero-order valence-electron chi connectivity index (χ0n) is 15.4. The second-order valence-electron chi connectivity index (χ2n) is 6.31. The Balaban J connectivity index is 2.10. The van der Waals surface area contributed by atoms with Gasteiger partial charge in [-0.25, -0.2) is 4.79 Å². The summed E-state index contributed by atoms with van der Waals surface area (Å²) < 4.78 is 6.01. The minimum absolute atomic E-state index is 0.0738. The van der Waals surface area contributed by atoms with Crippen molar-refractivity contribution in [3.8, 4) is 0 Å². The van der Waals surface area contributed by atoms with E-state index >= 15 is 0 Å². The molecule has 2 aromatic carbocycles. The molecule has 0 aliphatic rings. The van der Waals surface area contributed by atoms with Crippen molar-refractivity contribution >= 4 is 34.4 Å². The summed E-state index contributed by atoms with van der Waals surface area (Å²) in [5.41, 5.74) is 2.95. The fourth-order valence-electron chi connectivity index (χ4n) is 3.05. The van der Waals surface area contributed by atoms with Crippen LogP contribution < -0.4 is 10.7 Å². The molecule has 0 amide bonds. The van der Waals surface area contributed by atoms with Crippen LogP contribution >= 0.6 is 11.8 Å². The second-order valence-corrected chi connectivity index (χ2v) is 7.58. The van der Waals surface area contributed by atoms with Crippen LogP contribution in [0.15, 0.2) is 56.8 Å². The second kappa shape index (κ2) is 7.88. The molecular weight excluding hydrogens is 362 g/mol. The number of thioether (sulfide) groups is 1. The van der Waals surface area contributed by atoms with Crippen LogP contribution in [0, 0.1) is 6.92 Å². The normalized spacial score (nSPS) is 12.1. The third kappa shape index (κ3) is 4.01. The number of para-hydroxylation sites is 1. The van der Waals surface area contributed by atoms with E-state index in [1.54, 1.807) is 24.3 Å². The molecule has 0 saturated carbocycles. The topological polar surface area (TPSA) is 79.5 Å². The Morgan fingerprint density at radius 1 is 1.26 bits per heavy atom. The highest BCUT2D eigenvalue weighted by Gasteiger charge is 2.18. The van der Waals surface area contributed by atoms with Crippen molar-refractivity contribution in [2.75, 3.05) is 11.1 Å². The molecule has 6 heteroatoms. The van der Waals surface area contributed by atoms with Crippen molar-refractivity contribution in [2.45, 2.75) is 31.9 Å². The highest BCUT2D eigenvalue weighted by molar-refractivity contribution is 7.99. The van der Waals surface area contributed by atoms with Gasteiger partial charge < -0.3 is 14.8 Å². The van der Waals surface area contributed by atoms with Gasteiger partial charge in [0.25, 0.3) is 0 Å². The quantitative estimate of drug-likeness (QED) is 0.578. The molecule has 3 rings (SSSR count). The van der Waals surface area contributed by atoms with Crippen molar-refractivity contribution < 1.29 is 14.3 Å². The van der Waals surface area contributed by atoms with Gasteiger partial charge in [0, 0.05) is 17.3 Å². The standard InChI is InChI=1S/C21H21NO4S/c1-4-27-19-11-18(23)16-10-12(2)9-15(20(16)26-19)13(3)22-17-8-6-5-7-14(17)21(24)25/h5-11,13,22H,4H2,1-3H3,(H,24,25)/t13-/m1/s1. The lowest BCUT2D eigenvalue weighted by atomic mass is 10.0. The summed E-state index contributed by atoms with van der Waals surface area (Å²) in [5, 5.41) is 13.8. The van der Waals surface area contributed by atoms with Gasteiger partial charge in [0.1, 0.15) is 5.58 Å². The number of carboxylic acids is 1. The average Bonchev–Trinajstić information content (AvgIpc) is 2.62. The third-order valence-corrected chi connectivity index (χ3v) is 5.04. The summed E-state index contributed by atoms with van der Waals surface area (Å²) in [6, 6.07) is 11.8. The molecular formula is C21H21NO4S. The van der Waals surface area contributed by atoms with Crippen molar-refractivity contribution in [1.82, 2.24) is 0 Å². The van der Waals surface area contributed by atoms with Crippen LogP contribution in [0.1, 0.15) is 41.4 Å². The number of hydrogen-bond donors (Lipinski definition) is 2. The van der Waals surface area contributed by atoms with E-state index in [4.69, 9.17) is 4.42 Å². The van der Waals surface area contributed by atoms with E-state index in [0.29, 0.717) is 21.7 Å². The highest BCUT2D eigenvalue weighted by atomic mass is 32.2. The molecule has 3 aromatic rings. The van der Waals surface area contributed by atoms with Gasteiger partial charge >= 0.3 is 5.97 Å². The lowest BCUT2D eigenvalue weighted by molar-refractivity contribution is 0.0698. The number of aromatic carboxylic acids is 1. The molecule has 0 spiro atoms. The molecule has 0 aliphatic carbocycles. The fourth-order valence-corrected chi connectivity index (χ4v) is 3.67. The predicted molar refractivity (Wildman–Crippen MR) is 109 cm³/mol. The van der Waals surface area contributed by atoms with Gasteiger partial charge in [0.05, 0.1) is 17.0 Å². The first-order valence-corrected chi connectivity index (χ1v) is 9.69. The van der Waals surface area contributed by atoms with Crippen LogP contribution in [0.4, 0.5) is 5.69 Å². The third-order valence-electron chi connectivity index (χ3n) is 4.26. The Kier molecular flexibility index (Phi) is 5.56. The summed E-state index contributed by atoms with van der Waals surface area (Å²) in [6.07, 6.45) is 0. The number of benzene rings is 2. The van der Waals surface area contributed by atoms with E-state index in [1.807, 2.05) is 32.9 Å². The summed E-state index contributed by atoms with van der Waals surface area (Å²) in [4.78, 5) is 24.0. The number of nitrogens with one attached hydrogen (secondary N) is 1. The zero-order valence-corrected chi connectivity index (χ0v) is 16.2. The minimum atomic E-state index is -0.993. The van der Waals surface area contributed by atoms with Gasteiger partial charge in [0.2, 0.25) is 0 Å². The van der Waals surface area contributed by atoms with Crippen LogP contribution in [-0.4, -0.2) is 16.8 Å². The summed E-state index contributed by atoms with van der Waals surface area (Å²) in [7, 11) is 0. The number of carboxylic acid groups (broad SMARTS) is 1. The van der Waals surface area contributed by atoms with Crippen molar-refractivity contribution in [1.29, 1.82) is 0 Å². The van der Waals surface area contributed by atoms with Gasteiger partial charge in [-0.2, -0.15) is 0 Å². The van der Waals surface area contributed by atoms with Gasteiger partial charge in [0.15, 0.2) is 10.5 Å². The van der Waals surface area contributed by atoms with E-state index < -0.39 is 5.97 Å². The number of hydrogen-bond acceptors (Lipinski definition) is 5. The summed E-state index contributed by atoms with van der Waals surface area (Å²) in [5.74, 6) is -0.192. The SMILES string of the molecule is CCSc1cc(=O)c2cc(C)cc([C@@H](C)Nc3ccccc3C(=O)O)c2o1. The Bertz CT molecular complexity index is 1060. The van der Waals surface area contributed by atoms with Crippen LogP contribution in [0.5, 0.6) is 0 Å². The molecule has 1 aromatic heterocycles. The maximum Gasteiger partial charge on any atom is 0.337 e. The Hall–Kier alpha value is -2.73. The molecule has 0 radical (unpaired) electrons. The monoisotopic (exact) mass is 383 g/mol. The van der Waals surface area contributed by atoms with Crippen LogP contribution in [0.25, 0.3) is 11.0 Å². The summed E-state index contributed by atoms with van der Waals surface area (Å²) >= 11 is 1.47. The maximum absolute atomic E-state index is 12.5. The van der Waals surface area contributed by atoms with Gasteiger partial charge in [-0.1, -0.05) is 36.9 Å². The number of rotatable bonds is 6. The molecule has 2 N–H and O–H groups in total. The van der Waals surface area contributed by atoms with Crippen molar-refractivity contribution in [2.24, 2.45) is 0 Å². The van der Waals surface area contributed by atoms with Crippen molar-refractivity contribution in [3.05, 3.63) is 69.4 Å². The molecule has 0 aliphatic heterocycles. The lowest BCUT2D eigenvalue weighted by Gasteiger charge is -2.19. The van der Waals surface area contributed by atoms with Gasteiger partial charge in [-0.3, -0.25) is 4.79 Å². The van der Waals surface area contributed by atoms with E-state index in [-0.39, 0.29) is 17.0 Å². The Morgan fingerprint density at radius 2 is 2.00 bits per heavy atom. The fraction of sp³-hybridized carbons (Fsp3) is 0.238. The first kappa shape index (κ1) is 19.0. The molecule has 0 bridgehead atoms. The van der Waals surface area contributed by atoms with Crippen molar-refractivity contribution in [3.63, 3.8) is 0 Å². The van der Waals surface area contributed by atoms with E-state index in [2.05, 4.69) is 5.32 Å². The number of carbonyl (C=O) groups is 1. The average molecular weight is 383 g/mol. The Morgan fingerprint density at radius 3 is 2.70 bits per heavy atom. The molecule has 140 valence electrons. The molecule has 1 atom stereocenters. The first-order valence-electron chi connectivity index (χ1n) is 8.70. The molecule has 5 nitrogen and oxygen atoms in total. The Labute approximate surface area is 161 Å². The number of anilines is 1. The molecule has 1 heterocycles. The number of aryl methyl sites for hydroxylation is 1. The smallest absolute Gasteiger partial charge is 0.337 e. The van der Waals surface area contributed by atoms with E-state index in [9.17, 15) is 14.7 Å². The van der Waals surface area contributed by atoms with Crippen LogP contribution in [-0.2, 0) is 0 Å². The van der Waals surface area contributed by atoms with E-state index in [1.165, 1.54) is 17.8 Å². The molecule has 27 heavy (non-hydrogen) atoms. The minimum Gasteiger partial charge on any atom is -0.478 e. The van der Waals surface area contributed by atoms with Gasteiger partial charge in [-0.15, -0.1) is 0 Å². The van der Waals surface area contributed by atoms with Gasteiger partial charge in [-0.05, 0) is 43.4 Å². The number of fused-ring (bicyclic) bond motifs is 1. The largest absolute Gasteiger partial charge is 0.478 e. The van der Waals surface area contributed by atoms with Crippen LogP contribution in [0.3, 0.4) is 0 Å². The zero-order chi connectivity index (χ0) is 19.6. The van der Waals surface area contributed by atoms with Crippen LogP contribution in [0.2, 0.25) is 0 Å². The first-order chi connectivity index (χ1) is 12.9. The lowest BCUT2D eigenvalue weighted by Crippen LogP contribution is -2.12. The maximum atomic E-state index is 12.5.